The molecule has 0 atom stereocenters. The summed E-state index contributed by atoms with van der Waals surface area (Å²) in [5.41, 5.74) is 5.48. The molecule has 0 unspecified atom stereocenters. The van der Waals surface area contributed by atoms with Crippen LogP contribution in [0.25, 0.3) is 22.6 Å². The van der Waals surface area contributed by atoms with E-state index in [-0.39, 0.29) is 11.7 Å². The number of nitrogens with one attached hydrogen (secondary N) is 1. The number of hydrogen-bond donors (Lipinski definition) is 1. The number of halogens is 1. The second-order valence-electron chi connectivity index (χ2n) is 7.55. The molecule has 2 aromatic carbocycles. The molecule has 2 heterocycles. The molecule has 7 nitrogen and oxygen atoms in total. The third kappa shape index (κ3) is 4.56. The van der Waals surface area contributed by atoms with Gasteiger partial charge in [0.2, 0.25) is 5.91 Å². The molecular weight excluding hydrogens is 444 g/mol. The number of aromatic nitrogens is 5. The van der Waals surface area contributed by atoms with Crippen LogP contribution in [0.4, 0.5) is 5.69 Å². The normalized spacial score (nSPS) is 11.0. The van der Waals surface area contributed by atoms with E-state index >= 15 is 0 Å². The van der Waals surface area contributed by atoms with Crippen LogP contribution in [-0.4, -0.2) is 36.2 Å². The predicted octanol–water partition coefficient (Wildman–Crippen LogP) is 4.88. The van der Waals surface area contributed by atoms with Crippen LogP contribution in [0.1, 0.15) is 11.1 Å². The number of nitrogens with zero attached hydrogens (tertiary/aromatic N) is 5. The van der Waals surface area contributed by atoms with Crippen molar-refractivity contribution in [2.75, 3.05) is 11.1 Å². The van der Waals surface area contributed by atoms with Crippen LogP contribution in [-0.2, 0) is 18.9 Å². The van der Waals surface area contributed by atoms with E-state index in [0.717, 1.165) is 22.4 Å². The number of thioether (sulfide) groups is 1. The Kier molecular flexibility index (Phi) is 6.34. The third-order valence-electron chi connectivity index (χ3n) is 5.10. The van der Waals surface area contributed by atoms with Gasteiger partial charge in [-0.15, -0.1) is 10.2 Å². The summed E-state index contributed by atoms with van der Waals surface area (Å²) in [6.07, 6.45) is 1.93. The minimum Gasteiger partial charge on any atom is -0.325 e. The van der Waals surface area contributed by atoms with Gasteiger partial charge in [-0.2, -0.15) is 5.10 Å². The lowest BCUT2D eigenvalue weighted by molar-refractivity contribution is -0.113. The average Bonchev–Trinajstić information content (AvgIpc) is 3.32. The number of rotatable bonds is 6. The molecule has 0 saturated heterocycles. The van der Waals surface area contributed by atoms with Gasteiger partial charge in [0, 0.05) is 36.6 Å². The minimum absolute atomic E-state index is 0.133. The molecule has 0 aliphatic carbocycles. The van der Waals surface area contributed by atoms with Crippen molar-refractivity contribution < 1.29 is 4.79 Å². The van der Waals surface area contributed by atoms with Gasteiger partial charge in [0.1, 0.15) is 5.69 Å². The molecule has 0 saturated carbocycles. The van der Waals surface area contributed by atoms with Crippen molar-refractivity contribution in [3.05, 3.63) is 64.8 Å². The lowest BCUT2D eigenvalue weighted by Gasteiger charge is -2.09. The van der Waals surface area contributed by atoms with Gasteiger partial charge in [0.25, 0.3) is 0 Å². The van der Waals surface area contributed by atoms with Crippen LogP contribution < -0.4 is 5.32 Å². The van der Waals surface area contributed by atoms with Crippen LogP contribution in [0.15, 0.2) is 53.8 Å². The summed E-state index contributed by atoms with van der Waals surface area (Å²) in [6.45, 7) is 3.93. The number of benzene rings is 2. The first kappa shape index (κ1) is 22.1. The van der Waals surface area contributed by atoms with Crippen LogP contribution in [0.3, 0.4) is 0 Å². The van der Waals surface area contributed by atoms with E-state index in [0.29, 0.717) is 21.7 Å². The Labute approximate surface area is 195 Å². The van der Waals surface area contributed by atoms with Crippen molar-refractivity contribution in [1.29, 1.82) is 0 Å². The zero-order valence-corrected chi connectivity index (χ0v) is 19.8. The van der Waals surface area contributed by atoms with Crippen LogP contribution in [0, 0.1) is 13.8 Å². The van der Waals surface area contributed by atoms with Gasteiger partial charge in [-0.05, 0) is 31.5 Å². The number of hydrogen-bond acceptors (Lipinski definition) is 5. The van der Waals surface area contributed by atoms with Crippen molar-refractivity contribution in [3.8, 4) is 22.6 Å². The molecule has 0 aliphatic rings. The molecular formula is C23H23ClN6OS. The molecule has 164 valence electrons. The van der Waals surface area contributed by atoms with Crippen molar-refractivity contribution in [1.82, 2.24) is 24.5 Å². The summed E-state index contributed by atoms with van der Waals surface area (Å²) < 4.78 is 3.66. The Balaban J connectivity index is 1.51. The van der Waals surface area contributed by atoms with Crippen molar-refractivity contribution in [2.45, 2.75) is 19.0 Å². The second-order valence-corrected chi connectivity index (χ2v) is 8.90. The molecule has 0 fully saturated rings. The molecule has 0 aliphatic heterocycles. The SMILES string of the molecule is Cc1ccc(-c2nn(C)cc2-c2nnc(SCC(=O)Nc3cccc(Cl)c3C)n2C)cc1. The average molecular weight is 467 g/mol. The fraction of sp³-hybridized carbons (Fsp3) is 0.217. The lowest BCUT2D eigenvalue weighted by Crippen LogP contribution is -2.15. The fourth-order valence-electron chi connectivity index (χ4n) is 3.31. The highest BCUT2D eigenvalue weighted by molar-refractivity contribution is 7.99. The maximum atomic E-state index is 12.5. The molecule has 9 heteroatoms. The minimum atomic E-state index is -0.133. The van der Waals surface area contributed by atoms with Crippen LogP contribution >= 0.6 is 23.4 Å². The van der Waals surface area contributed by atoms with Crippen molar-refractivity contribution in [3.63, 3.8) is 0 Å². The molecule has 4 rings (SSSR count). The van der Waals surface area contributed by atoms with Crippen LogP contribution in [0.2, 0.25) is 5.02 Å². The maximum Gasteiger partial charge on any atom is 0.234 e. The van der Waals surface area contributed by atoms with Gasteiger partial charge in [-0.3, -0.25) is 9.48 Å². The highest BCUT2D eigenvalue weighted by Gasteiger charge is 2.19. The van der Waals surface area contributed by atoms with Gasteiger partial charge < -0.3 is 9.88 Å². The number of carbonyl (C=O) groups excluding carboxylic acids is 1. The Morgan fingerprint density at radius 3 is 2.59 bits per heavy atom. The monoisotopic (exact) mass is 466 g/mol. The van der Waals surface area contributed by atoms with Gasteiger partial charge in [0.05, 0.1) is 11.3 Å². The molecule has 0 radical (unpaired) electrons. The van der Waals surface area contributed by atoms with Crippen molar-refractivity contribution in [2.24, 2.45) is 14.1 Å². The summed E-state index contributed by atoms with van der Waals surface area (Å²) in [7, 11) is 3.78. The number of carbonyl (C=O) groups is 1. The Bertz CT molecular complexity index is 1280. The number of amides is 1. The fourth-order valence-corrected chi connectivity index (χ4v) is 4.20. The molecule has 1 N–H and O–H groups in total. The second kappa shape index (κ2) is 9.18. The van der Waals surface area contributed by atoms with E-state index in [1.54, 1.807) is 10.7 Å². The third-order valence-corrected chi connectivity index (χ3v) is 6.53. The Morgan fingerprint density at radius 1 is 1.09 bits per heavy atom. The number of aryl methyl sites for hydroxylation is 2. The molecule has 2 aromatic heterocycles. The summed E-state index contributed by atoms with van der Waals surface area (Å²) in [4.78, 5) is 12.5. The first-order valence-corrected chi connectivity index (χ1v) is 11.4. The quantitative estimate of drug-likeness (QED) is 0.409. The van der Waals surface area contributed by atoms with E-state index in [9.17, 15) is 4.79 Å². The van der Waals surface area contributed by atoms with E-state index in [1.165, 1.54) is 17.3 Å². The van der Waals surface area contributed by atoms with E-state index in [2.05, 4.69) is 51.8 Å². The molecule has 1 amide bonds. The Morgan fingerprint density at radius 2 is 1.84 bits per heavy atom. The summed E-state index contributed by atoms with van der Waals surface area (Å²) in [5, 5.41) is 17.5. The van der Waals surface area contributed by atoms with E-state index in [1.807, 2.05) is 43.9 Å². The lowest BCUT2D eigenvalue weighted by atomic mass is 10.1. The molecule has 32 heavy (non-hydrogen) atoms. The number of anilines is 1. The van der Waals surface area contributed by atoms with Crippen LogP contribution in [0.5, 0.6) is 0 Å². The van der Waals surface area contributed by atoms with Gasteiger partial charge >= 0.3 is 0 Å². The molecule has 4 aromatic rings. The summed E-state index contributed by atoms with van der Waals surface area (Å²) >= 11 is 7.46. The van der Waals surface area contributed by atoms with Gasteiger partial charge in [0.15, 0.2) is 11.0 Å². The zero-order valence-electron chi connectivity index (χ0n) is 18.3. The van der Waals surface area contributed by atoms with Gasteiger partial charge in [-0.25, -0.2) is 0 Å². The molecule has 0 spiro atoms. The maximum absolute atomic E-state index is 12.5. The standard InChI is InChI=1S/C23H23ClN6OS/c1-14-8-10-16(11-9-14)21-17(12-29(3)28-21)22-26-27-23(30(22)4)32-13-20(31)25-19-7-5-6-18(24)15(19)2/h5-12H,13H2,1-4H3,(H,25,31). The predicted molar refractivity (Wildman–Crippen MR) is 129 cm³/mol. The van der Waals surface area contributed by atoms with E-state index in [4.69, 9.17) is 11.6 Å². The largest absolute Gasteiger partial charge is 0.325 e. The summed E-state index contributed by atoms with van der Waals surface area (Å²) in [5.74, 6) is 0.768. The highest BCUT2D eigenvalue weighted by Crippen LogP contribution is 2.31. The summed E-state index contributed by atoms with van der Waals surface area (Å²) in [6, 6.07) is 13.7. The Hall–Kier alpha value is -3.10. The topological polar surface area (TPSA) is 77.6 Å². The zero-order chi connectivity index (χ0) is 22.8. The smallest absolute Gasteiger partial charge is 0.234 e. The van der Waals surface area contributed by atoms with Gasteiger partial charge in [-0.1, -0.05) is 59.3 Å². The van der Waals surface area contributed by atoms with E-state index < -0.39 is 0 Å². The first-order chi connectivity index (χ1) is 15.3. The highest BCUT2D eigenvalue weighted by atomic mass is 35.5. The molecule has 0 bridgehead atoms. The first-order valence-electron chi connectivity index (χ1n) is 10.0. The van der Waals surface area contributed by atoms with Crippen molar-refractivity contribution >= 4 is 35.0 Å².